The smallest absolute Gasteiger partial charge is 0.238 e. The van der Waals surface area contributed by atoms with E-state index in [1.54, 1.807) is 0 Å². The molecular formula is C12H16FNO4S. The highest BCUT2D eigenvalue weighted by atomic mass is 32.2. The van der Waals surface area contributed by atoms with E-state index < -0.39 is 31.7 Å². The van der Waals surface area contributed by atoms with Gasteiger partial charge in [-0.05, 0) is 19.1 Å². The van der Waals surface area contributed by atoms with Crippen molar-refractivity contribution in [3.8, 4) is 0 Å². The fourth-order valence-corrected chi connectivity index (χ4v) is 2.78. The van der Waals surface area contributed by atoms with Crippen LogP contribution in [0.1, 0.15) is 6.92 Å². The maximum absolute atomic E-state index is 13.5. The second-order valence-corrected chi connectivity index (χ2v) is 6.14. The Hall–Kier alpha value is -1.47. The third kappa shape index (κ3) is 3.74. The number of sulfone groups is 1. The summed E-state index contributed by atoms with van der Waals surface area (Å²) in [5.74, 6) is -1.54. The molecular weight excluding hydrogens is 273 g/mol. The topological polar surface area (TPSA) is 72.5 Å². The lowest BCUT2D eigenvalue weighted by molar-refractivity contribution is -0.120. The second-order valence-electron chi connectivity index (χ2n) is 3.90. The molecule has 7 heteroatoms. The van der Waals surface area contributed by atoms with Gasteiger partial charge in [0.25, 0.3) is 0 Å². The molecule has 106 valence electrons. The average Bonchev–Trinajstić information content (AvgIpc) is 2.38. The predicted molar refractivity (Wildman–Crippen MR) is 67.9 cm³/mol. The summed E-state index contributed by atoms with van der Waals surface area (Å²) in [6.07, 6.45) is 0. The van der Waals surface area contributed by atoms with Crippen LogP contribution in [0.5, 0.6) is 0 Å². The Labute approximate surface area is 111 Å². The van der Waals surface area contributed by atoms with E-state index in [0.717, 1.165) is 12.1 Å². The number of methoxy groups -OCH3 is 1. The lowest BCUT2D eigenvalue weighted by atomic mass is 10.3. The van der Waals surface area contributed by atoms with E-state index in [-0.39, 0.29) is 13.2 Å². The van der Waals surface area contributed by atoms with Crippen molar-refractivity contribution < 1.29 is 22.3 Å². The molecule has 0 spiro atoms. The zero-order valence-corrected chi connectivity index (χ0v) is 11.5. The Morgan fingerprint density at radius 2 is 2.05 bits per heavy atom. The van der Waals surface area contributed by atoms with Crippen LogP contribution in [-0.4, -0.2) is 39.8 Å². The molecule has 0 aliphatic carbocycles. The van der Waals surface area contributed by atoms with E-state index in [9.17, 15) is 17.6 Å². The summed E-state index contributed by atoms with van der Waals surface area (Å²) in [7, 11) is -2.57. The lowest BCUT2D eigenvalue weighted by Crippen LogP contribution is -2.39. The van der Waals surface area contributed by atoms with Crippen LogP contribution >= 0.6 is 0 Å². The molecule has 1 atom stereocenters. The minimum atomic E-state index is -4.03. The van der Waals surface area contributed by atoms with Crippen molar-refractivity contribution in [2.24, 2.45) is 0 Å². The van der Waals surface area contributed by atoms with Gasteiger partial charge in [-0.1, -0.05) is 12.1 Å². The van der Waals surface area contributed by atoms with Gasteiger partial charge in [-0.15, -0.1) is 0 Å². The quantitative estimate of drug-likeness (QED) is 0.784. The maximum Gasteiger partial charge on any atom is 0.238 e. The molecule has 0 bridgehead atoms. The molecule has 0 aliphatic heterocycles. The molecule has 19 heavy (non-hydrogen) atoms. The van der Waals surface area contributed by atoms with E-state index in [0.29, 0.717) is 0 Å². The highest BCUT2D eigenvalue weighted by Crippen LogP contribution is 2.19. The molecule has 0 radical (unpaired) electrons. The monoisotopic (exact) mass is 289 g/mol. The van der Waals surface area contributed by atoms with Crippen molar-refractivity contribution in [1.29, 1.82) is 0 Å². The van der Waals surface area contributed by atoms with Gasteiger partial charge in [0.05, 0.1) is 6.61 Å². The van der Waals surface area contributed by atoms with Crippen molar-refractivity contribution in [2.75, 3.05) is 20.3 Å². The molecule has 1 aromatic rings. The minimum Gasteiger partial charge on any atom is -0.383 e. The molecule has 0 aromatic heterocycles. The maximum atomic E-state index is 13.5. The van der Waals surface area contributed by atoms with Gasteiger partial charge in [0.2, 0.25) is 5.91 Å². The summed E-state index contributed by atoms with van der Waals surface area (Å²) in [4.78, 5) is 11.2. The highest BCUT2D eigenvalue weighted by Gasteiger charge is 2.31. The third-order valence-electron chi connectivity index (χ3n) is 2.58. The Morgan fingerprint density at radius 3 is 2.63 bits per heavy atom. The first-order valence-electron chi connectivity index (χ1n) is 5.66. The number of benzene rings is 1. The van der Waals surface area contributed by atoms with Crippen LogP contribution in [0, 0.1) is 5.82 Å². The molecule has 1 rings (SSSR count). The Balaban J connectivity index is 2.89. The number of carbonyl (C=O) groups is 1. The standard InChI is InChI=1S/C12H16FNO4S/c1-9(12(15)14-7-8-18-2)19(16,17)11-6-4-3-5-10(11)13/h3-6,9H,7-8H2,1-2H3,(H,14,15). The Bertz CT molecular complexity index is 544. The number of ether oxygens (including phenoxy) is 1. The molecule has 1 N–H and O–H groups in total. The molecule has 0 aliphatic rings. The average molecular weight is 289 g/mol. The van der Waals surface area contributed by atoms with Crippen molar-refractivity contribution in [3.63, 3.8) is 0 Å². The van der Waals surface area contributed by atoms with Gasteiger partial charge in [-0.3, -0.25) is 4.79 Å². The first-order chi connectivity index (χ1) is 8.91. The molecule has 5 nitrogen and oxygen atoms in total. The van der Waals surface area contributed by atoms with Gasteiger partial charge in [-0.25, -0.2) is 12.8 Å². The number of halogens is 1. The fraction of sp³-hybridized carbons (Fsp3) is 0.417. The van der Waals surface area contributed by atoms with E-state index in [2.05, 4.69) is 5.32 Å². The van der Waals surface area contributed by atoms with E-state index in [1.165, 1.54) is 26.2 Å². The van der Waals surface area contributed by atoms with Gasteiger partial charge in [0.15, 0.2) is 9.84 Å². The predicted octanol–water partition coefficient (Wildman–Crippen LogP) is 0.750. The minimum absolute atomic E-state index is 0.201. The summed E-state index contributed by atoms with van der Waals surface area (Å²) in [5, 5.41) is 1.05. The Morgan fingerprint density at radius 1 is 1.42 bits per heavy atom. The van der Waals surface area contributed by atoms with E-state index in [1.807, 2.05) is 0 Å². The summed E-state index contributed by atoms with van der Waals surface area (Å²) >= 11 is 0. The van der Waals surface area contributed by atoms with Gasteiger partial charge >= 0.3 is 0 Å². The summed E-state index contributed by atoms with van der Waals surface area (Å²) in [5.41, 5.74) is 0. The number of rotatable bonds is 6. The largest absolute Gasteiger partial charge is 0.383 e. The van der Waals surface area contributed by atoms with Gasteiger partial charge in [0, 0.05) is 13.7 Å². The van der Waals surface area contributed by atoms with Crippen LogP contribution in [-0.2, 0) is 19.4 Å². The first kappa shape index (κ1) is 15.6. The summed E-state index contributed by atoms with van der Waals surface area (Å²) in [6, 6.07) is 4.98. The SMILES string of the molecule is COCCNC(=O)C(C)S(=O)(=O)c1ccccc1F. The first-order valence-corrected chi connectivity index (χ1v) is 7.21. The van der Waals surface area contributed by atoms with Crippen LogP contribution in [0.25, 0.3) is 0 Å². The number of hydrogen-bond donors (Lipinski definition) is 1. The summed E-state index contributed by atoms with van der Waals surface area (Å²) < 4.78 is 42.4. The lowest BCUT2D eigenvalue weighted by Gasteiger charge is -2.13. The van der Waals surface area contributed by atoms with Crippen LogP contribution in [0.4, 0.5) is 4.39 Å². The normalized spacial score (nSPS) is 13.0. The molecule has 1 unspecified atom stereocenters. The van der Waals surface area contributed by atoms with Gasteiger partial charge in [-0.2, -0.15) is 0 Å². The number of carbonyl (C=O) groups excluding carboxylic acids is 1. The molecule has 0 saturated carbocycles. The Kier molecular flexibility index (Phi) is 5.44. The van der Waals surface area contributed by atoms with Crippen LogP contribution in [0.15, 0.2) is 29.2 Å². The number of amides is 1. The zero-order chi connectivity index (χ0) is 14.5. The van der Waals surface area contributed by atoms with E-state index >= 15 is 0 Å². The fourth-order valence-electron chi connectivity index (χ4n) is 1.43. The van der Waals surface area contributed by atoms with Crippen molar-refractivity contribution in [1.82, 2.24) is 5.32 Å². The third-order valence-corrected chi connectivity index (χ3v) is 4.67. The van der Waals surface area contributed by atoms with E-state index in [4.69, 9.17) is 4.74 Å². The van der Waals surface area contributed by atoms with Crippen molar-refractivity contribution in [2.45, 2.75) is 17.1 Å². The van der Waals surface area contributed by atoms with Crippen LogP contribution < -0.4 is 5.32 Å². The zero-order valence-electron chi connectivity index (χ0n) is 10.7. The number of nitrogens with one attached hydrogen (secondary N) is 1. The second kappa shape index (κ2) is 6.63. The molecule has 0 saturated heterocycles. The van der Waals surface area contributed by atoms with Crippen molar-refractivity contribution in [3.05, 3.63) is 30.1 Å². The molecule has 0 heterocycles. The number of hydrogen-bond acceptors (Lipinski definition) is 4. The van der Waals surface area contributed by atoms with Gasteiger partial charge in [0.1, 0.15) is 16.0 Å². The van der Waals surface area contributed by atoms with Crippen LogP contribution in [0.2, 0.25) is 0 Å². The van der Waals surface area contributed by atoms with Gasteiger partial charge < -0.3 is 10.1 Å². The summed E-state index contributed by atoms with van der Waals surface area (Å²) in [6.45, 7) is 1.70. The molecule has 0 fully saturated rings. The van der Waals surface area contributed by atoms with Crippen molar-refractivity contribution >= 4 is 15.7 Å². The highest BCUT2D eigenvalue weighted by molar-refractivity contribution is 7.92. The molecule has 1 aromatic carbocycles. The molecule has 1 amide bonds. The van der Waals surface area contributed by atoms with Crippen LogP contribution in [0.3, 0.4) is 0 Å².